The zero-order valence-corrected chi connectivity index (χ0v) is 15.2. The molecule has 1 aromatic heterocycles. The topological polar surface area (TPSA) is 90.0 Å². The fourth-order valence-corrected chi connectivity index (χ4v) is 2.92. The largest absolute Gasteiger partial charge is 0.352 e. The molecule has 0 spiro atoms. The monoisotopic (exact) mass is 362 g/mol. The van der Waals surface area contributed by atoms with Crippen LogP contribution in [0.25, 0.3) is 22.4 Å². The lowest BCUT2D eigenvalue weighted by Crippen LogP contribution is -2.35. The number of nitrogens with zero attached hydrogens (tertiary/aromatic N) is 2. The van der Waals surface area contributed by atoms with Gasteiger partial charge in [0, 0.05) is 24.7 Å². The van der Waals surface area contributed by atoms with E-state index in [1.165, 1.54) is 4.68 Å². The molecule has 6 heteroatoms. The van der Waals surface area contributed by atoms with Crippen molar-refractivity contribution < 1.29 is 4.79 Å². The lowest BCUT2D eigenvalue weighted by Gasteiger charge is -2.16. The lowest BCUT2D eigenvalue weighted by atomic mass is 9.95. The van der Waals surface area contributed by atoms with E-state index in [4.69, 9.17) is 5.73 Å². The Morgan fingerprint density at radius 3 is 2.22 bits per heavy atom. The van der Waals surface area contributed by atoms with Crippen molar-refractivity contribution in [3.05, 3.63) is 76.6 Å². The summed E-state index contributed by atoms with van der Waals surface area (Å²) in [5, 5.41) is 7.26. The zero-order valence-electron chi connectivity index (χ0n) is 15.2. The van der Waals surface area contributed by atoms with Crippen molar-refractivity contribution >= 4 is 5.91 Å². The standard InChI is InChI=1S/C21H22N4O2/c1-25-21(27)18(20(26)23-14-8-13-22)17(15-9-4-2-5-10-15)19(24-25)16-11-6-3-7-12-16/h2-7,9-12H,8,13-14,22H2,1H3,(H,23,26). The van der Waals surface area contributed by atoms with Gasteiger partial charge in [0.1, 0.15) is 5.56 Å². The van der Waals surface area contributed by atoms with E-state index < -0.39 is 11.5 Å². The molecule has 0 fully saturated rings. The molecule has 0 radical (unpaired) electrons. The predicted octanol–water partition coefficient (Wildman–Crippen LogP) is 2.19. The molecule has 1 amide bonds. The number of benzene rings is 2. The van der Waals surface area contributed by atoms with Crippen LogP contribution >= 0.6 is 0 Å². The number of aryl methyl sites for hydroxylation is 1. The van der Waals surface area contributed by atoms with Crippen LogP contribution in [0, 0.1) is 0 Å². The summed E-state index contributed by atoms with van der Waals surface area (Å²) in [6.07, 6.45) is 0.642. The Bertz CT molecular complexity index is 982. The average molecular weight is 362 g/mol. The molecule has 1 heterocycles. The second-order valence-electron chi connectivity index (χ2n) is 6.16. The summed E-state index contributed by atoms with van der Waals surface area (Å²) in [7, 11) is 1.56. The molecule has 0 aliphatic carbocycles. The molecule has 6 nitrogen and oxygen atoms in total. The minimum absolute atomic E-state index is 0.0922. The van der Waals surface area contributed by atoms with Gasteiger partial charge >= 0.3 is 0 Å². The van der Waals surface area contributed by atoms with Gasteiger partial charge in [-0.25, -0.2) is 4.68 Å². The van der Waals surface area contributed by atoms with Crippen LogP contribution in [0.4, 0.5) is 0 Å². The van der Waals surface area contributed by atoms with E-state index in [0.717, 1.165) is 11.1 Å². The fraction of sp³-hybridized carbons (Fsp3) is 0.190. The number of nitrogens with two attached hydrogens (primary N) is 1. The SMILES string of the molecule is Cn1nc(-c2ccccc2)c(-c2ccccc2)c(C(=O)NCCCN)c1=O. The van der Waals surface area contributed by atoms with Crippen molar-refractivity contribution in [1.29, 1.82) is 0 Å². The first-order chi connectivity index (χ1) is 13.1. The minimum atomic E-state index is -0.432. The number of hydrogen-bond acceptors (Lipinski definition) is 4. The molecular formula is C21H22N4O2. The molecular weight excluding hydrogens is 340 g/mol. The highest BCUT2D eigenvalue weighted by molar-refractivity contribution is 6.03. The number of amides is 1. The molecule has 27 heavy (non-hydrogen) atoms. The van der Waals surface area contributed by atoms with Gasteiger partial charge in [-0.1, -0.05) is 60.7 Å². The summed E-state index contributed by atoms with van der Waals surface area (Å²) in [6.45, 7) is 0.880. The van der Waals surface area contributed by atoms with Crippen molar-refractivity contribution in [3.63, 3.8) is 0 Å². The fourth-order valence-electron chi connectivity index (χ4n) is 2.92. The third-order valence-corrected chi connectivity index (χ3v) is 4.25. The van der Waals surface area contributed by atoms with Crippen LogP contribution in [-0.4, -0.2) is 28.8 Å². The highest BCUT2D eigenvalue weighted by Gasteiger charge is 2.23. The second-order valence-corrected chi connectivity index (χ2v) is 6.16. The summed E-state index contributed by atoms with van der Waals surface area (Å²) in [4.78, 5) is 25.7. The Morgan fingerprint density at radius 1 is 1.04 bits per heavy atom. The van der Waals surface area contributed by atoms with Gasteiger partial charge in [-0.15, -0.1) is 0 Å². The number of carbonyl (C=O) groups excluding carboxylic acids is 1. The number of nitrogens with one attached hydrogen (secondary N) is 1. The van der Waals surface area contributed by atoms with E-state index in [1.54, 1.807) is 7.05 Å². The molecule has 0 bridgehead atoms. The Hall–Kier alpha value is -3.25. The number of hydrogen-bond donors (Lipinski definition) is 2. The van der Waals surface area contributed by atoms with Gasteiger partial charge < -0.3 is 11.1 Å². The van der Waals surface area contributed by atoms with Crippen LogP contribution in [-0.2, 0) is 7.05 Å². The van der Waals surface area contributed by atoms with E-state index in [1.807, 2.05) is 60.7 Å². The van der Waals surface area contributed by atoms with Gasteiger partial charge in [0.25, 0.3) is 11.5 Å². The maximum absolute atomic E-state index is 12.9. The van der Waals surface area contributed by atoms with Gasteiger partial charge in [0.15, 0.2) is 0 Å². The molecule has 0 saturated carbocycles. The van der Waals surface area contributed by atoms with Crippen molar-refractivity contribution in [2.75, 3.05) is 13.1 Å². The minimum Gasteiger partial charge on any atom is -0.352 e. The van der Waals surface area contributed by atoms with Crippen molar-refractivity contribution in [2.24, 2.45) is 12.8 Å². The third kappa shape index (κ3) is 3.96. The van der Waals surface area contributed by atoms with Crippen molar-refractivity contribution in [2.45, 2.75) is 6.42 Å². The molecule has 3 rings (SSSR count). The molecule has 3 aromatic rings. The number of carbonyl (C=O) groups is 1. The maximum atomic E-state index is 12.9. The van der Waals surface area contributed by atoms with Crippen LogP contribution in [0.3, 0.4) is 0 Å². The van der Waals surface area contributed by atoms with Crippen LogP contribution in [0.5, 0.6) is 0 Å². The first-order valence-electron chi connectivity index (χ1n) is 8.84. The molecule has 0 aliphatic heterocycles. The zero-order chi connectivity index (χ0) is 19.2. The van der Waals surface area contributed by atoms with Gasteiger partial charge in [-0.05, 0) is 18.5 Å². The first-order valence-corrected chi connectivity index (χ1v) is 8.84. The highest BCUT2D eigenvalue weighted by atomic mass is 16.2. The average Bonchev–Trinajstić information content (AvgIpc) is 2.71. The van der Waals surface area contributed by atoms with E-state index in [0.29, 0.717) is 30.8 Å². The molecule has 138 valence electrons. The van der Waals surface area contributed by atoms with Gasteiger partial charge in [0.05, 0.1) is 5.69 Å². The van der Waals surface area contributed by atoms with Crippen molar-refractivity contribution in [3.8, 4) is 22.4 Å². The Kier molecular flexibility index (Phi) is 5.78. The maximum Gasteiger partial charge on any atom is 0.280 e. The summed E-state index contributed by atoms with van der Waals surface area (Å²) in [6, 6.07) is 18.9. The third-order valence-electron chi connectivity index (χ3n) is 4.25. The molecule has 0 saturated heterocycles. The predicted molar refractivity (Wildman–Crippen MR) is 106 cm³/mol. The van der Waals surface area contributed by atoms with Crippen LogP contribution in [0.1, 0.15) is 16.8 Å². The van der Waals surface area contributed by atoms with E-state index in [-0.39, 0.29) is 5.56 Å². The van der Waals surface area contributed by atoms with Crippen LogP contribution < -0.4 is 16.6 Å². The molecule has 0 aliphatic rings. The lowest BCUT2D eigenvalue weighted by molar-refractivity contribution is 0.0952. The molecule has 0 atom stereocenters. The molecule has 0 unspecified atom stereocenters. The summed E-state index contributed by atoms with van der Waals surface area (Å²) >= 11 is 0. The normalized spacial score (nSPS) is 10.6. The first kappa shape index (κ1) is 18.5. The smallest absolute Gasteiger partial charge is 0.280 e. The van der Waals surface area contributed by atoms with Gasteiger partial charge in [-0.3, -0.25) is 9.59 Å². The summed E-state index contributed by atoms with van der Waals surface area (Å²) in [5.74, 6) is -0.414. The number of rotatable bonds is 6. The van der Waals surface area contributed by atoms with Crippen LogP contribution in [0.15, 0.2) is 65.5 Å². The second kappa shape index (κ2) is 8.42. The van der Waals surface area contributed by atoms with Crippen molar-refractivity contribution in [1.82, 2.24) is 15.1 Å². The van der Waals surface area contributed by atoms with Gasteiger partial charge in [0.2, 0.25) is 0 Å². The highest BCUT2D eigenvalue weighted by Crippen LogP contribution is 2.31. The Morgan fingerprint density at radius 2 is 1.63 bits per heavy atom. The number of aromatic nitrogens is 2. The molecule has 3 N–H and O–H groups in total. The summed E-state index contributed by atoms with van der Waals surface area (Å²) < 4.78 is 1.21. The van der Waals surface area contributed by atoms with Gasteiger partial charge in [-0.2, -0.15) is 5.10 Å². The Labute approximate surface area is 157 Å². The van der Waals surface area contributed by atoms with Crippen LogP contribution in [0.2, 0.25) is 0 Å². The quantitative estimate of drug-likeness (QED) is 0.658. The van der Waals surface area contributed by atoms with E-state index >= 15 is 0 Å². The van der Waals surface area contributed by atoms with E-state index in [2.05, 4.69) is 10.4 Å². The Balaban J connectivity index is 2.26. The molecule has 2 aromatic carbocycles. The van der Waals surface area contributed by atoms with E-state index in [9.17, 15) is 9.59 Å². The summed E-state index contributed by atoms with van der Waals surface area (Å²) in [5.41, 5.74) is 7.89.